The molecule has 21 heavy (non-hydrogen) atoms. The second-order valence-corrected chi connectivity index (χ2v) is 6.01. The molecule has 110 valence electrons. The lowest BCUT2D eigenvalue weighted by molar-refractivity contribution is 0.0631. The average molecular weight is 302 g/mol. The Kier molecular flexibility index (Phi) is 4.26. The Morgan fingerprint density at radius 2 is 2.05 bits per heavy atom. The first-order chi connectivity index (χ1) is 10.2. The minimum atomic E-state index is 0.118. The molecule has 0 N–H and O–H groups in total. The highest BCUT2D eigenvalue weighted by atomic mass is 32.1. The van der Waals surface area contributed by atoms with E-state index in [1.54, 1.807) is 5.51 Å². The van der Waals surface area contributed by atoms with Crippen LogP contribution in [0.2, 0.25) is 0 Å². The zero-order valence-electron chi connectivity index (χ0n) is 12.0. The number of pyridine rings is 1. The lowest BCUT2D eigenvalue weighted by Crippen LogP contribution is -2.48. The maximum Gasteiger partial charge on any atom is 0.265 e. The molecule has 1 saturated heterocycles. The highest BCUT2D eigenvalue weighted by Crippen LogP contribution is 2.16. The van der Waals surface area contributed by atoms with Crippen LogP contribution in [0.3, 0.4) is 0 Å². The predicted octanol–water partition coefficient (Wildman–Crippen LogP) is 1.80. The van der Waals surface area contributed by atoms with Crippen LogP contribution in [-0.4, -0.2) is 51.9 Å². The van der Waals surface area contributed by atoms with Crippen molar-refractivity contribution in [2.24, 2.45) is 0 Å². The van der Waals surface area contributed by atoms with Crippen LogP contribution < -0.4 is 0 Å². The van der Waals surface area contributed by atoms with Gasteiger partial charge in [0.2, 0.25) is 0 Å². The molecular formula is C15H18N4OS. The Morgan fingerprint density at radius 1 is 1.24 bits per heavy atom. The molecule has 0 saturated carbocycles. The minimum Gasteiger partial charge on any atom is -0.335 e. The number of carbonyl (C=O) groups excluding carboxylic acids is 1. The summed E-state index contributed by atoms with van der Waals surface area (Å²) in [4.78, 5) is 26.0. The molecule has 6 heteroatoms. The summed E-state index contributed by atoms with van der Waals surface area (Å²) >= 11 is 1.43. The number of rotatable bonds is 3. The molecule has 1 aliphatic rings. The summed E-state index contributed by atoms with van der Waals surface area (Å²) in [5, 5.41) is 0. The topological polar surface area (TPSA) is 49.3 Å². The van der Waals surface area contributed by atoms with Gasteiger partial charge in [-0.2, -0.15) is 0 Å². The second-order valence-electron chi connectivity index (χ2n) is 5.16. The summed E-state index contributed by atoms with van der Waals surface area (Å²) in [7, 11) is 0. The fourth-order valence-corrected chi connectivity index (χ4v) is 3.25. The Balaban J connectivity index is 1.56. The third-order valence-corrected chi connectivity index (χ3v) is 4.63. The fourth-order valence-electron chi connectivity index (χ4n) is 2.48. The van der Waals surface area contributed by atoms with Gasteiger partial charge in [0.1, 0.15) is 4.88 Å². The first-order valence-corrected chi connectivity index (χ1v) is 7.93. The van der Waals surface area contributed by atoms with Gasteiger partial charge >= 0.3 is 0 Å². The van der Waals surface area contributed by atoms with Crippen LogP contribution in [0.5, 0.6) is 0 Å². The standard InChI is InChI=1S/C15H18N4OS/c1-12-14(21-11-17-12)15(20)19-8-6-18(7-9-19)10-13-4-2-3-5-16-13/h2-5,11H,6-10H2,1H3. The first kappa shape index (κ1) is 14.2. The number of amides is 1. The van der Waals surface area contributed by atoms with Crippen molar-refractivity contribution < 1.29 is 4.79 Å². The van der Waals surface area contributed by atoms with Gasteiger partial charge < -0.3 is 4.90 Å². The quantitative estimate of drug-likeness (QED) is 0.867. The van der Waals surface area contributed by atoms with Gasteiger partial charge in [-0.1, -0.05) is 6.07 Å². The van der Waals surface area contributed by atoms with E-state index in [4.69, 9.17) is 0 Å². The summed E-state index contributed by atoms with van der Waals surface area (Å²) < 4.78 is 0. The number of hydrogen-bond donors (Lipinski definition) is 0. The Labute approximate surface area is 128 Å². The van der Waals surface area contributed by atoms with Crippen molar-refractivity contribution in [1.82, 2.24) is 19.8 Å². The molecule has 0 atom stereocenters. The Hall–Kier alpha value is -1.79. The van der Waals surface area contributed by atoms with Crippen LogP contribution in [0.4, 0.5) is 0 Å². The van der Waals surface area contributed by atoms with Crippen molar-refractivity contribution in [2.75, 3.05) is 26.2 Å². The van der Waals surface area contributed by atoms with Crippen LogP contribution in [0.1, 0.15) is 21.1 Å². The molecule has 0 aromatic carbocycles. The molecule has 2 aromatic rings. The number of aromatic nitrogens is 2. The van der Waals surface area contributed by atoms with Gasteiger partial charge in [0.15, 0.2) is 0 Å². The highest BCUT2D eigenvalue weighted by molar-refractivity contribution is 7.11. The first-order valence-electron chi connectivity index (χ1n) is 7.05. The smallest absolute Gasteiger partial charge is 0.265 e. The summed E-state index contributed by atoms with van der Waals surface area (Å²) in [6, 6.07) is 5.98. The Morgan fingerprint density at radius 3 is 2.67 bits per heavy atom. The highest BCUT2D eigenvalue weighted by Gasteiger charge is 2.24. The molecule has 0 unspecified atom stereocenters. The van der Waals surface area contributed by atoms with E-state index < -0.39 is 0 Å². The number of thiazole rings is 1. The van der Waals surface area contributed by atoms with Gasteiger partial charge in [0.05, 0.1) is 16.9 Å². The maximum atomic E-state index is 12.4. The van der Waals surface area contributed by atoms with Gasteiger partial charge in [-0.05, 0) is 19.1 Å². The van der Waals surface area contributed by atoms with E-state index in [0.29, 0.717) is 0 Å². The lowest BCUT2D eigenvalue weighted by atomic mass is 10.2. The monoisotopic (exact) mass is 302 g/mol. The molecular weight excluding hydrogens is 284 g/mol. The predicted molar refractivity (Wildman–Crippen MR) is 82.3 cm³/mol. The fraction of sp³-hybridized carbons (Fsp3) is 0.400. The normalized spacial score (nSPS) is 16.1. The molecule has 3 heterocycles. The third-order valence-electron chi connectivity index (χ3n) is 3.71. The van der Waals surface area contributed by atoms with Crippen LogP contribution >= 0.6 is 11.3 Å². The van der Waals surface area contributed by atoms with Crippen molar-refractivity contribution in [3.8, 4) is 0 Å². The minimum absolute atomic E-state index is 0.118. The zero-order valence-corrected chi connectivity index (χ0v) is 12.8. The third kappa shape index (κ3) is 3.28. The van der Waals surface area contributed by atoms with E-state index in [0.717, 1.165) is 49.0 Å². The van der Waals surface area contributed by atoms with Crippen molar-refractivity contribution in [3.05, 3.63) is 46.2 Å². The molecule has 0 spiro atoms. The lowest BCUT2D eigenvalue weighted by Gasteiger charge is -2.34. The van der Waals surface area contributed by atoms with Crippen LogP contribution in [0, 0.1) is 6.92 Å². The SMILES string of the molecule is Cc1ncsc1C(=O)N1CCN(Cc2ccccn2)CC1. The number of hydrogen-bond acceptors (Lipinski definition) is 5. The summed E-state index contributed by atoms with van der Waals surface area (Å²) in [5.74, 6) is 0.118. The second kappa shape index (κ2) is 6.32. The van der Waals surface area contributed by atoms with E-state index in [1.807, 2.05) is 36.2 Å². The van der Waals surface area contributed by atoms with E-state index >= 15 is 0 Å². The van der Waals surface area contributed by atoms with Crippen LogP contribution in [-0.2, 0) is 6.54 Å². The number of nitrogens with zero attached hydrogens (tertiary/aromatic N) is 4. The maximum absolute atomic E-state index is 12.4. The van der Waals surface area contributed by atoms with Gasteiger partial charge in [0.25, 0.3) is 5.91 Å². The van der Waals surface area contributed by atoms with Crippen molar-refractivity contribution in [1.29, 1.82) is 0 Å². The number of carbonyl (C=O) groups is 1. The van der Waals surface area contributed by atoms with Gasteiger partial charge in [-0.25, -0.2) is 4.98 Å². The Bertz CT molecular complexity index is 605. The molecule has 1 fully saturated rings. The van der Waals surface area contributed by atoms with E-state index in [2.05, 4.69) is 14.9 Å². The van der Waals surface area contributed by atoms with Crippen LogP contribution in [0.25, 0.3) is 0 Å². The summed E-state index contributed by atoms with van der Waals surface area (Å²) in [5.41, 5.74) is 3.65. The zero-order chi connectivity index (χ0) is 14.7. The van der Waals surface area contributed by atoms with Crippen molar-refractivity contribution >= 4 is 17.2 Å². The van der Waals surface area contributed by atoms with E-state index in [9.17, 15) is 4.79 Å². The average Bonchev–Trinajstić information content (AvgIpc) is 2.94. The van der Waals surface area contributed by atoms with E-state index in [1.165, 1.54) is 11.3 Å². The molecule has 2 aromatic heterocycles. The summed E-state index contributed by atoms with van der Waals surface area (Å²) in [6.45, 7) is 6.05. The molecule has 0 bridgehead atoms. The van der Waals surface area contributed by atoms with E-state index in [-0.39, 0.29) is 5.91 Å². The van der Waals surface area contributed by atoms with Gasteiger partial charge in [0, 0.05) is 38.9 Å². The van der Waals surface area contributed by atoms with Crippen LogP contribution in [0.15, 0.2) is 29.9 Å². The largest absolute Gasteiger partial charge is 0.335 e. The summed E-state index contributed by atoms with van der Waals surface area (Å²) in [6.07, 6.45) is 1.82. The molecule has 1 amide bonds. The molecule has 0 aliphatic carbocycles. The van der Waals surface area contributed by atoms with Gasteiger partial charge in [-0.15, -0.1) is 11.3 Å². The molecule has 5 nitrogen and oxygen atoms in total. The molecule has 1 aliphatic heterocycles. The van der Waals surface area contributed by atoms with Gasteiger partial charge in [-0.3, -0.25) is 14.7 Å². The molecule has 3 rings (SSSR count). The molecule has 0 radical (unpaired) electrons. The number of aryl methyl sites for hydroxylation is 1. The van der Waals surface area contributed by atoms with Crippen molar-refractivity contribution in [3.63, 3.8) is 0 Å². The van der Waals surface area contributed by atoms with Crippen molar-refractivity contribution in [2.45, 2.75) is 13.5 Å². The number of piperazine rings is 1.